The number of esters is 1. The molecule has 34 heavy (non-hydrogen) atoms. The molecule has 9 nitrogen and oxygen atoms in total. The number of thiazole rings is 1. The third kappa shape index (κ3) is 5.20. The molecule has 0 atom stereocenters. The van der Waals surface area contributed by atoms with Crippen molar-refractivity contribution in [2.75, 3.05) is 19.0 Å². The van der Waals surface area contributed by atoms with Gasteiger partial charge in [0.2, 0.25) is 5.95 Å². The van der Waals surface area contributed by atoms with E-state index >= 15 is 0 Å². The molecule has 0 spiro atoms. The highest BCUT2D eigenvalue weighted by atomic mass is 32.1. The number of aryl methyl sites for hydroxylation is 1. The van der Waals surface area contributed by atoms with Gasteiger partial charge in [-0.3, -0.25) is 9.59 Å². The fraction of sp³-hybridized carbons (Fsp3) is 0.238. The van der Waals surface area contributed by atoms with Crippen molar-refractivity contribution in [2.45, 2.75) is 12.8 Å². The molecule has 0 aliphatic rings. The van der Waals surface area contributed by atoms with Gasteiger partial charge in [0.15, 0.2) is 5.13 Å². The maximum atomic E-state index is 12.5. The third-order valence-electron chi connectivity index (χ3n) is 4.80. The van der Waals surface area contributed by atoms with E-state index in [9.17, 15) is 22.8 Å². The summed E-state index contributed by atoms with van der Waals surface area (Å²) in [4.78, 5) is 32.4. The van der Waals surface area contributed by atoms with Crippen LogP contribution in [0.3, 0.4) is 0 Å². The van der Waals surface area contributed by atoms with Crippen molar-refractivity contribution in [3.05, 3.63) is 42.0 Å². The summed E-state index contributed by atoms with van der Waals surface area (Å²) in [6.07, 6.45) is -4.71. The van der Waals surface area contributed by atoms with E-state index in [4.69, 9.17) is 0 Å². The number of benzene rings is 2. The van der Waals surface area contributed by atoms with E-state index in [0.29, 0.717) is 32.4 Å². The zero-order valence-electron chi connectivity index (χ0n) is 17.9. The fourth-order valence-electron chi connectivity index (χ4n) is 3.19. The normalized spacial score (nSPS) is 11.6. The van der Waals surface area contributed by atoms with Gasteiger partial charge in [0.1, 0.15) is 5.75 Å². The van der Waals surface area contributed by atoms with Crippen LogP contribution in [0.2, 0.25) is 0 Å². The second-order valence-corrected chi connectivity index (χ2v) is 8.13. The minimum atomic E-state index is -4.77. The first-order chi connectivity index (χ1) is 16.1. The first-order valence-electron chi connectivity index (χ1n) is 9.88. The number of amides is 1. The summed E-state index contributed by atoms with van der Waals surface area (Å²) in [5.74, 6) is -0.663. The van der Waals surface area contributed by atoms with Crippen molar-refractivity contribution >= 4 is 55.5 Å². The lowest BCUT2D eigenvalue weighted by Crippen LogP contribution is -2.26. The van der Waals surface area contributed by atoms with Gasteiger partial charge in [-0.2, -0.15) is 0 Å². The molecule has 0 saturated carbocycles. The smallest absolute Gasteiger partial charge is 0.469 e. The molecule has 2 aromatic carbocycles. The van der Waals surface area contributed by atoms with E-state index in [2.05, 4.69) is 30.1 Å². The molecule has 178 valence electrons. The van der Waals surface area contributed by atoms with Crippen LogP contribution in [0.15, 0.2) is 36.4 Å². The van der Waals surface area contributed by atoms with Crippen LogP contribution >= 0.6 is 11.3 Å². The second-order valence-electron chi connectivity index (χ2n) is 7.10. The van der Waals surface area contributed by atoms with Gasteiger partial charge in [-0.05, 0) is 30.3 Å². The van der Waals surface area contributed by atoms with Crippen LogP contribution in [0.4, 0.5) is 24.3 Å². The maximum absolute atomic E-state index is 12.5. The third-order valence-corrected chi connectivity index (χ3v) is 5.73. The van der Waals surface area contributed by atoms with Crippen molar-refractivity contribution in [1.29, 1.82) is 0 Å². The van der Waals surface area contributed by atoms with Gasteiger partial charge >= 0.3 is 12.3 Å². The summed E-state index contributed by atoms with van der Waals surface area (Å²) < 4.78 is 48.2. The van der Waals surface area contributed by atoms with Crippen molar-refractivity contribution in [2.24, 2.45) is 7.05 Å². The average Bonchev–Trinajstić information content (AvgIpc) is 3.31. The molecule has 0 unspecified atom stereocenters. The summed E-state index contributed by atoms with van der Waals surface area (Å²) in [5.41, 5.74) is 2.18. The van der Waals surface area contributed by atoms with Crippen molar-refractivity contribution in [3.63, 3.8) is 0 Å². The topological polar surface area (TPSA) is 107 Å². The van der Waals surface area contributed by atoms with Crippen LogP contribution in [0.1, 0.15) is 16.8 Å². The number of halogens is 3. The SMILES string of the molecule is COC(=O)CCNC(=O)c1ccc2c(c1)nc(Nc1nc3ccc(OC(F)(F)F)cc3s1)n2C. The van der Waals surface area contributed by atoms with Crippen LogP contribution < -0.4 is 15.4 Å². The molecular formula is C21H18F3N5O4S. The lowest BCUT2D eigenvalue weighted by molar-refractivity contribution is -0.274. The highest BCUT2D eigenvalue weighted by Gasteiger charge is 2.31. The summed E-state index contributed by atoms with van der Waals surface area (Å²) >= 11 is 1.15. The standard InChI is InChI=1S/C21H18F3N5O4S/c1-29-15-6-3-11(18(31)25-8-7-17(30)32-2)9-14(15)26-19(29)28-20-27-13-5-4-12(10-16(13)34-20)33-21(22,23)24/h3-6,9-10H,7-8H2,1-2H3,(H,25,31)(H,26,27,28). The number of hydrogen-bond donors (Lipinski definition) is 2. The molecule has 0 aliphatic heterocycles. The number of nitrogens with zero attached hydrogens (tertiary/aromatic N) is 3. The Hall–Kier alpha value is -3.87. The Bertz CT molecular complexity index is 1380. The highest BCUT2D eigenvalue weighted by molar-refractivity contribution is 7.22. The number of carbonyl (C=O) groups is 2. The number of aromatic nitrogens is 3. The molecule has 2 aromatic heterocycles. The van der Waals surface area contributed by atoms with Gasteiger partial charge in [0, 0.05) is 25.2 Å². The molecule has 0 saturated heterocycles. The predicted octanol–water partition coefficient (Wildman–Crippen LogP) is 4.12. The Kier molecular flexibility index (Phi) is 6.28. The molecule has 0 radical (unpaired) electrons. The van der Waals surface area contributed by atoms with Crippen LogP contribution in [-0.2, 0) is 16.6 Å². The zero-order chi connectivity index (χ0) is 24.5. The van der Waals surface area contributed by atoms with Gasteiger partial charge in [0.05, 0.1) is 34.8 Å². The Morgan fingerprint density at radius 2 is 1.91 bits per heavy atom. The number of ether oxygens (including phenoxy) is 2. The van der Waals surface area contributed by atoms with Gasteiger partial charge < -0.3 is 24.7 Å². The Morgan fingerprint density at radius 3 is 2.65 bits per heavy atom. The molecule has 1 amide bonds. The van der Waals surface area contributed by atoms with Gasteiger partial charge in [-0.1, -0.05) is 11.3 Å². The molecule has 2 heterocycles. The van der Waals surface area contributed by atoms with Gasteiger partial charge in [-0.15, -0.1) is 13.2 Å². The first-order valence-corrected chi connectivity index (χ1v) is 10.7. The Balaban J connectivity index is 1.52. The van der Waals surface area contributed by atoms with E-state index in [1.54, 1.807) is 29.8 Å². The van der Waals surface area contributed by atoms with Crippen molar-refractivity contribution in [1.82, 2.24) is 19.9 Å². The lowest BCUT2D eigenvalue weighted by atomic mass is 10.2. The molecule has 13 heteroatoms. The van der Waals surface area contributed by atoms with Crippen LogP contribution in [0.25, 0.3) is 21.3 Å². The van der Waals surface area contributed by atoms with E-state index in [0.717, 1.165) is 16.9 Å². The molecule has 0 fully saturated rings. The van der Waals surface area contributed by atoms with E-state index < -0.39 is 12.3 Å². The largest absolute Gasteiger partial charge is 0.573 e. The van der Waals surface area contributed by atoms with E-state index in [1.807, 2.05) is 0 Å². The molecule has 2 N–H and O–H groups in total. The number of imidazole rings is 1. The number of methoxy groups -OCH3 is 1. The van der Waals surface area contributed by atoms with Gasteiger partial charge in [0.25, 0.3) is 5.91 Å². The number of hydrogen-bond acceptors (Lipinski definition) is 8. The summed E-state index contributed by atoms with van der Waals surface area (Å²) in [6, 6.07) is 8.91. The van der Waals surface area contributed by atoms with Crippen molar-refractivity contribution < 1.29 is 32.2 Å². The molecule has 4 rings (SSSR count). The minimum Gasteiger partial charge on any atom is -0.469 e. The molecule has 0 aliphatic carbocycles. The number of carbonyl (C=O) groups excluding carboxylic acids is 2. The lowest BCUT2D eigenvalue weighted by Gasteiger charge is -2.07. The van der Waals surface area contributed by atoms with Crippen LogP contribution in [-0.4, -0.2) is 46.4 Å². The summed E-state index contributed by atoms with van der Waals surface area (Å²) in [7, 11) is 3.05. The summed E-state index contributed by atoms with van der Waals surface area (Å²) in [6.45, 7) is 0.145. The molecule has 0 bridgehead atoms. The predicted molar refractivity (Wildman–Crippen MR) is 119 cm³/mol. The van der Waals surface area contributed by atoms with E-state index in [1.165, 1.54) is 25.3 Å². The first kappa shape index (κ1) is 23.3. The minimum absolute atomic E-state index is 0.0636. The fourth-order valence-corrected chi connectivity index (χ4v) is 4.07. The number of nitrogens with one attached hydrogen (secondary N) is 2. The van der Waals surface area contributed by atoms with Crippen LogP contribution in [0, 0.1) is 0 Å². The quantitative estimate of drug-likeness (QED) is 0.373. The Labute approximate surface area is 194 Å². The number of fused-ring (bicyclic) bond motifs is 2. The van der Waals surface area contributed by atoms with E-state index in [-0.39, 0.29) is 24.6 Å². The number of rotatable bonds is 7. The average molecular weight is 493 g/mol. The van der Waals surface area contributed by atoms with Crippen LogP contribution in [0.5, 0.6) is 5.75 Å². The monoisotopic (exact) mass is 493 g/mol. The maximum Gasteiger partial charge on any atom is 0.573 e. The van der Waals surface area contributed by atoms with Crippen molar-refractivity contribution in [3.8, 4) is 5.75 Å². The Morgan fingerprint density at radius 1 is 1.12 bits per heavy atom. The van der Waals surface area contributed by atoms with Gasteiger partial charge in [-0.25, -0.2) is 9.97 Å². The number of anilines is 2. The highest BCUT2D eigenvalue weighted by Crippen LogP contribution is 2.33. The second kappa shape index (κ2) is 9.17. The molecular weight excluding hydrogens is 475 g/mol. The number of alkyl halides is 3. The summed E-state index contributed by atoms with van der Waals surface area (Å²) in [5, 5.41) is 6.14. The molecule has 4 aromatic rings. The zero-order valence-corrected chi connectivity index (χ0v) is 18.7.